The minimum Gasteiger partial charge on any atom is -0.366 e. The normalized spacial score (nSPS) is 24.6. The quantitative estimate of drug-likeness (QED) is 0.822. The largest absolute Gasteiger partial charge is 0.366 e. The maximum absolute atomic E-state index is 12.0. The highest BCUT2D eigenvalue weighted by molar-refractivity contribution is 6.31. The number of rotatable bonds is 3. The average Bonchev–Trinajstić information content (AvgIpc) is 2.76. The van der Waals surface area contributed by atoms with Crippen LogP contribution in [0.3, 0.4) is 0 Å². The lowest BCUT2D eigenvalue weighted by atomic mass is 10.0. The fourth-order valence-corrected chi connectivity index (χ4v) is 2.09. The van der Waals surface area contributed by atoms with Gasteiger partial charge in [0.15, 0.2) is 5.78 Å². The van der Waals surface area contributed by atoms with E-state index >= 15 is 0 Å². The number of benzene rings is 1. The summed E-state index contributed by atoms with van der Waals surface area (Å²) in [5, 5.41) is 0.569. The summed E-state index contributed by atoms with van der Waals surface area (Å²) in [7, 11) is 0. The molecule has 0 spiro atoms. The van der Waals surface area contributed by atoms with E-state index < -0.39 is 0 Å². The zero-order valence-corrected chi connectivity index (χ0v) is 9.61. The van der Waals surface area contributed by atoms with Gasteiger partial charge in [-0.1, -0.05) is 23.7 Å². The van der Waals surface area contributed by atoms with Crippen molar-refractivity contribution in [2.75, 3.05) is 6.54 Å². The highest BCUT2D eigenvalue weighted by Gasteiger charge is 2.30. The van der Waals surface area contributed by atoms with Crippen LogP contribution in [0.15, 0.2) is 24.3 Å². The number of carbonyl (C=O) groups is 1. The van der Waals surface area contributed by atoms with Gasteiger partial charge in [-0.15, -0.1) is 0 Å². The van der Waals surface area contributed by atoms with Crippen molar-refractivity contribution in [2.24, 2.45) is 5.73 Å². The first-order valence-corrected chi connectivity index (χ1v) is 5.74. The first-order valence-electron chi connectivity index (χ1n) is 5.36. The van der Waals surface area contributed by atoms with Crippen LogP contribution in [0.5, 0.6) is 0 Å². The summed E-state index contributed by atoms with van der Waals surface area (Å²) in [6.07, 6.45) is 1.26. The van der Waals surface area contributed by atoms with Gasteiger partial charge >= 0.3 is 0 Å². The van der Waals surface area contributed by atoms with Gasteiger partial charge in [0.25, 0.3) is 0 Å². The van der Waals surface area contributed by atoms with Crippen molar-refractivity contribution >= 4 is 17.4 Å². The van der Waals surface area contributed by atoms with Crippen LogP contribution in [-0.4, -0.2) is 24.5 Å². The van der Waals surface area contributed by atoms with Gasteiger partial charge in [0.2, 0.25) is 0 Å². The Balaban J connectivity index is 2.08. The van der Waals surface area contributed by atoms with Gasteiger partial charge in [0, 0.05) is 17.1 Å². The molecule has 0 aromatic heterocycles. The fraction of sp³-hybridized carbons (Fsp3) is 0.417. The van der Waals surface area contributed by atoms with E-state index in [0.717, 1.165) is 12.8 Å². The molecule has 16 heavy (non-hydrogen) atoms. The molecule has 1 aliphatic rings. The molecule has 0 saturated carbocycles. The van der Waals surface area contributed by atoms with E-state index in [-0.39, 0.29) is 18.0 Å². The third-order valence-corrected chi connectivity index (χ3v) is 3.01. The maximum Gasteiger partial charge on any atom is 0.191 e. The molecule has 1 aromatic rings. The smallest absolute Gasteiger partial charge is 0.191 e. The first-order chi connectivity index (χ1) is 7.70. The van der Waals surface area contributed by atoms with Crippen molar-refractivity contribution in [3.63, 3.8) is 0 Å². The topological polar surface area (TPSA) is 52.3 Å². The molecular weight excluding hydrogens is 226 g/mol. The van der Waals surface area contributed by atoms with Gasteiger partial charge in [-0.25, -0.2) is 0 Å². The van der Waals surface area contributed by atoms with Gasteiger partial charge in [-0.2, -0.15) is 0 Å². The predicted molar refractivity (Wildman–Crippen MR) is 62.7 cm³/mol. The Morgan fingerprint density at radius 3 is 2.94 bits per heavy atom. The van der Waals surface area contributed by atoms with Crippen LogP contribution in [0.1, 0.15) is 23.2 Å². The number of halogens is 1. The molecule has 86 valence electrons. The molecule has 2 unspecified atom stereocenters. The van der Waals surface area contributed by atoms with E-state index in [2.05, 4.69) is 0 Å². The van der Waals surface area contributed by atoms with Crippen LogP contribution >= 0.6 is 11.6 Å². The minimum atomic E-state index is -0.355. The van der Waals surface area contributed by atoms with Gasteiger partial charge < -0.3 is 10.5 Å². The van der Waals surface area contributed by atoms with Crippen molar-refractivity contribution in [3.8, 4) is 0 Å². The Hall–Kier alpha value is -0.900. The van der Waals surface area contributed by atoms with Crippen molar-refractivity contribution in [1.29, 1.82) is 0 Å². The Morgan fingerprint density at radius 2 is 2.31 bits per heavy atom. The van der Waals surface area contributed by atoms with Crippen LogP contribution in [0, 0.1) is 0 Å². The van der Waals surface area contributed by atoms with Crippen LogP contribution in [-0.2, 0) is 4.74 Å². The van der Waals surface area contributed by atoms with Crippen molar-refractivity contribution in [2.45, 2.75) is 25.0 Å². The second-order valence-electron chi connectivity index (χ2n) is 3.93. The number of ether oxygens (including phenoxy) is 1. The molecule has 1 fully saturated rings. The monoisotopic (exact) mass is 239 g/mol. The SMILES string of the molecule is NCC1CCC(C(=O)c2cccc(Cl)c2)O1. The van der Waals surface area contributed by atoms with Gasteiger partial charge in [0.05, 0.1) is 6.10 Å². The molecule has 0 radical (unpaired) electrons. The molecule has 0 aliphatic carbocycles. The lowest BCUT2D eigenvalue weighted by Gasteiger charge is -2.11. The number of Topliss-reactive ketones (excluding diaryl/α,β-unsaturated/α-hetero) is 1. The minimum absolute atomic E-state index is 0.00144. The summed E-state index contributed by atoms with van der Waals surface area (Å²) in [6, 6.07) is 6.94. The summed E-state index contributed by atoms with van der Waals surface area (Å²) < 4.78 is 5.55. The molecular formula is C12H14ClNO2. The van der Waals surface area contributed by atoms with Crippen LogP contribution in [0.25, 0.3) is 0 Å². The molecule has 1 aromatic carbocycles. The number of ketones is 1. The maximum atomic E-state index is 12.0. The van der Waals surface area contributed by atoms with Crippen LogP contribution in [0.4, 0.5) is 0 Å². The van der Waals surface area contributed by atoms with Gasteiger partial charge in [-0.3, -0.25) is 4.79 Å². The molecule has 0 amide bonds. The Labute approximate surface area is 99.5 Å². The number of carbonyl (C=O) groups excluding carboxylic acids is 1. The Bertz CT molecular complexity index is 394. The molecule has 4 heteroatoms. The van der Waals surface area contributed by atoms with Crippen molar-refractivity contribution in [3.05, 3.63) is 34.9 Å². The van der Waals surface area contributed by atoms with Crippen LogP contribution in [0.2, 0.25) is 5.02 Å². The number of nitrogens with two attached hydrogens (primary N) is 1. The molecule has 2 N–H and O–H groups in total. The molecule has 1 saturated heterocycles. The highest BCUT2D eigenvalue weighted by atomic mass is 35.5. The predicted octanol–water partition coefficient (Wildman–Crippen LogP) is 2.03. The lowest BCUT2D eigenvalue weighted by Crippen LogP contribution is -2.25. The summed E-state index contributed by atoms with van der Waals surface area (Å²) in [4.78, 5) is 12.0. The van der Waals surface area contributed by atoms with E-state index in [1.54, 1.807) is 24.3 Å². The fourth-order valence-electron chi connectivity index (χ4n) is 1.90. The lowest BCUT2D eigenvalue weighted by molar-refractivity contribution is 0.0404. The van der Waals surface area contributed by atoms with Gasteiger partial charge in [0.1, 0.15) is 6.10 Å². The molecule has 1 heterocycles. The van der Waals surface area contributed by atoms with Gasteiger partial charge in [-0.05, 0) is 25.0 Å². The Morgan fingerprint density at radius 1 is 1.50 bits per heavy atom. The average molecular weight is 240 g/mol. The number of hydrogen-bond acceptors (Lipinski definition) is 3. The first kappa shape index (κ1) is 11.6. The molecule has 0 bridgehead atoms. The van der Waals surface area contributed by atoms with E-state index in [4.69, 9.17) is 22.1 Å². The summed E-state index contributed by atoms with van der Waals surface area (Å²) >= 11 is 5.84. The van der Waals surface area contributed by atoms with Crippen molar-refractivity contribution < 1.29 is 9.53 Å². The Kier molecular flexibility index (Phi) is 3.59. The van der Waals surface area contributed by atoms with E-state index in [1.807, 2.05) is 0 Å². The van der Waals surface area contributed by atoms with Crippen molar-refractivity contribution in [1.82, 2.24) is 0 Å². The second kappa shape index (κ2) is 4.95. The van der Waals surface area contributed by atoms with E-state index in [9.17, 15) is 4.79 Å². The van der Waals surface area contributed by atoms with E-state index in [0.29, 0.717) is 17.1 Å². The molecule has 2 atom stereocenters. The zero-order valence-electron chi connectivity index (χ0n) is 8.86. The third-order valence-electron chi connectivity index (χ3n) is 2.77. The molecule has 1 aliphatic heterocycles. The molecule has 2 rings (SSSR count). The summed E-state index contributed by atoms with van der Waals surface area (Å²) in [6.45, 7) is 0.472. The summed E-state index contributed by atoms with van der Waals surface area (Å²) in [5.41, 5.74) is 6.11. The van der Waals surface area contributed by atoms with Crippen LogP contribution < -0.4 is 5.73 Å². The summed E-state index contributed by atoms with van der Waals surface area (Å²) in [5.74, 6) is -0.00144. The second-order valence-corrected chi connectivity index (χ2v) is 4.37. The third kappa shape index (κ3) is 2.43. The molecule has 3 nitrogen and oxygen atoms in total. The van der Waals surface area contributed by atoms with E-state index in [1.165, 1.54) is 0 Å². The standard InChI is InChI=1S/C12H14ClNO2/c13-9-3-1-2-8(6-9)12(15)11-5-4-10(7-14)16-11/h1-3,6,10-11H,4-5,7,14H2. The zero-order chi connectivity index (χ0) is 11.5. The number of hydrogen-bond donors (Lipinski definition) is 1. The highest BCUT2D eigenvalue weighted by Crippen LogP contribution is 2.23.